The Balaban J connectivity index is 1.42. The number of nitrogens with zero attached hydrogens (tertiary/aromatic N) is 4. The average molecular weight is 430 g/mol. The van der Waals surface area contributed by atoms with Gasteiger partial charge in [-0.15, -0.1) is 0 Å². The van der Waals surface area contributed by atoms with Crippen LogP contribution in [-0.2, 0) is 11.3 Å². The monoisotopic (exact) mass is 429 g/mol. The minimum atomic E-state index is -0.451. The quantitative estimate of drug-likeness (QED) is 0.415. The number of amides is 1. The number of piperazine rings is 1. The van der Waals surface area contributed by atoms with E-state index in [1.54, 1.807) is 19.1 Å². The fourth-order valence-electron chi connectivity index (χ4n) is 3.23. The number of non-ortho nitro benzene ring substituents is 1. The van der Waals surface area contributed by atoms with Gasteiger partial charge in [0.25, 0.3) is 11.6 Å². The second-order valence-corrected chi connectivity index (χ2v) is 7.65. The molecule has 0 radical (unpaired) electrons. The van der Waals surface area contributed by atoms with Gasteiger partial charge in [-0.3, -0.25) is 24.7 Å². The SMILES string of the molecule is C/C(=N/NC(=O)CN1CCN(Cc2ccc(Cl)cc2)CC1)c1ccc([N+](=O)[O-])cc1. The minimum absolute atomic E-state index is 0.0193. The lowest BCUT2D eigenvalue weighted by Gasteiger charge is -2.34. The summed E-state index contributed by atoms with van der Waals surface area (Å²) >= 11 is 5.93. The number of nitrogens with one attached hydrogen (secondary N) is 1. The Kier molecular flexibility index (Phi) is 7.51. The van der Waals surface area contributed by atoms with E-state index in [9.17, 15) is 14.9 Å². The molecule has 2 aromatic rings. The van der Waals surface area contributed by atoms with Gasteiger partial charge in [-0.05, 0) is 42.3 Å². The lowest BCUT2D eigenvalue weighted by Crippen LogP contribution is -2.48. The summed E-state index contributed by atoms with van der Waals surface area (Å²) in [5.74, 6) is -0.178. The third-order valence-corrected chi connectivity index (χ3v) is 5.25. The van der Waals surface area contributed by atoms with Crippen LogP contribution in [0.5, 0.6) is 0 Å². The summed E-state index contributed by atoms with van der Waals surface area (Å²) in [6.45, 7) is 6.30. The maximum atomic E-state index is 12.2. The first kappa shape index (κ1) is 21.9. The molecule has 0 spiro atoms. The van der Waals surface area contributed by atoms with Crippen molar-refractivity contribution in [3.8, 4) is 0 Å². The Bertz CT molecular complexity index is 907. The molecule has 0 saturated carbocycles. The number of halogens is 1. The highest BCUT2D eigenvalue weighted by atomic mass is 35.5. The molecule has 1 saturated heterocycles. The fourth-order valence-corrected chi connectivity index (χ4v) is 3.35. The maximum Gasteiger partial charge on any atom is 0.269 e. The fraction of sp³-hybridized carbons (Fsp3) is 0.333. The Morgan fingerprint density at radius 3 is 2.27 bits per heavy atom. The standard InChI is InChI=1S/C21H24ClN5O3/c1-16(18-4-8-20(9-5-18)27(29)30)23-24-21(28)15-26-12-10-25(11-13-26)14-17-2-6-19(22)7-3-17/h2-9H,10-15H2,1H3,(H,24,28)/b23-16-. The third kappa shape index (κ3) is 6.35. The van der Waals surface area contributed by atoms with Gasteiger partial charge >= 0.3 is 0 Å². The first-order valence-corrected chi connectivity index (χ1v) is 10.1. The van der Waals surface area contributed by atoms with Crippen molar-refractivity contribution in [2.45, 2.75) is 13.5 Å². The highest BCUT2D eigenvalue weighted by Gasteiger charge is 2.19. The van der Waals surface area contributed by atoms with E-state index in [0.717, 1.165) is 43.3 Å². The van der Waals surface area contributed by atoms with Crippen LogP contribution in [0.2, 0.25) is 5.02 Å². The van der Waals surface area contributed by atoms with E-state index in [2.05, 4.69) is 20.3 Å². The zero-order chi connectivity index (χ0) is 21.5. The van der Waals surface area contributed by atoms with Crippen molar-refractivity contribution >= 4 is 28.9 Å². The molecule has 3 rings (SSSR count). The Hall–Kier alpha value is -2.81. The highest BCUT2D eigenvalue weighted by Crippen LogP contribution is 2.14. The second kappa shape index (κ2) is 10.3. The summed E-state index contributed by atoms with van der Waals surface area (Å²) in [6, 6.07) is 13.9. The molecule has 1 aliphatic heterocycles. The third-order valence-electron chi connectivity index (χ3n) is 5.00. The Morgan fingerprint density at radius 1 is 1.07 bits per heavy atom. The number of carbonyl (C=O) groups is 1. The number of rotatable bonds is 7. The molecular formula is C21H24ClN5O3. The maximum absolute atomic E-state index is 12.2. The smallest absolute Gasteiger partial charge is 0.269 e. The van der Waals surface area contributed by atoms with Crippen LogP contribution in [0.3, 0.4) is 0 Å². The van der Waals surface area contributed by atoms with E-state index in [1.807, 2.05) is 24.3 Å². The average Bonchev–Trinajstić information content (AvgIpc) is 2.75. The van der Waals surface area contributed by atoms with E-state index in [0.29, 0.717) is 5.71 Å². The van der Waals surface area contributed by atoms with Crippen molar-refractivity contribution in [3.63, 3.8) is 0 Å². The molecule has 0 aliphatic carbocycles. The van der Waals surface area contributed by atoms with E-state index >= 15 is 0 Å². The summed E-state index contributed by atoms with van der Waals surface area (Å²) in [6.07, 6.45) is 0. The zero-order valence-corrected chi connectivity index (χ0v) is 17.5. The second-order valence-electron chi connectivity index (χ2n) is 7.21. The first-order chi connectivity index (χ1) is 14.4. The Labute approximate surface area is 180 Å². The van der Waals surface area contributed by atoms with Crippen molar-refractivity contribution in [3.05, 3.63) is 74.8 Å². The molecule has 158 valence electrons. The lowest BCUT2D eigenvalue weighted by atomic mass is 10.1. The molecule has 1 N–H and O–H groups in total. The molecular weight excluding hydrogens is 406 g/mol. The van der Waals surface area contributed by atoms with Crippen LogP contribution in [0.25, 0.3) is 0 Å². The number of nitro groups is 1. The van der Waals surface area contributed by atoms with Crippen molar-refractivity contribution in [2.75, 3.05) is 32.7 Å². The number of nitro benzene ring substituents is 1. The van der Waals surface area contributed by atoms with Crippen molar-refractivity contribution < 1.29 is 9.72 Å². The summed E-state index contributed by atoms with van der Waals surface area (Å²) in [7, 11) is 0. The molecule has 1 fully saturated rings. The number of carbonyl (C=O) groups excluding carboxylic acids is 1. The molecule has 30 heavy (non-hydrogen) atoms. The van der Waals surface area contributed by atoms with Crippen LogP contribution in [0, 0.1) is 10.1 Å². The van der Waals surface area contributed by atoms with Crippen LogP contribution >= 0.6 is 11.6 Å². The normalized spacial score (nSPS) is 15.7. The van der Waals surface area contributed by atoms with E-state index in [-0.39, 0.29) is 18.1 Å². The Morgan fingerprint density at radius 2 is 1.67 bits per heavy atom. The number of benzene rings is 2. The molecule has 1 heterocycles. The molecule has 2 aromatic carbocycles. The van der Waals surface area contributed by atoms with Gasteiger partial charge in [0.1, 0.15) is 0 Å². The molecule has 1 aliphatic rings. The molecule has 8 nitrogen and oxygen atoms in total. The summed E-state index contributed by atoms with van der Waals surface area (Å²) in [5.41, 5.74) is 5.12. The molecule has 0 bridgehead atoms. The zero-order valence-electron chi connectivity index (χ0n) is 16.8. The van der Waals surface area contributed by atoms with Crippen molar-refractivity contribution in [1.82, 2.24) is 15.2 Å². The van der Waals surface area contributed by atoms with Gasteiger partial charge in [-0.25, -0.2) is 5.43 Å². The topological polar surface area (TPSA) is 91.1 Å². The van der Waals surface area contributed by atoms with Gasteiger partial charge in [-0.2, -0.15) is 5.10 Å². The largest absolute Gasteiger partial charge is 0.297 e. The first-order valence-electron chi connectivity index (χ1n) is 9.68. The van der Waals surface area contributed by atoms with Crippen LogP contribution in [0.15, 0.2) is 53.6 Å². The minimum Gasteiger partial charge on any atom is -0.297 e. The number of hydrogen-bond acceptors (Lipinski definition) is 6. The van der Waals surface area contributed by atoms with E-state index in [1.165, 1.54) is 17.7 Å². The number of hydrogen-bond donors (Lipinski definition) is 1. The van der Waals surface area contributed by atoms with Crippen LogP contribution in [0.4, 0.5) is 5.69 Å². The van der Waals surface area contributed by atoms with Gasteiger partial charge in [0.15, 0.2) is 0 Å². The van der Waals surface area contributed by atoms with Gasteiger partial charge in [0.2, 0.25) is 0 Å². The predicted molar refractivity (Wildman–Crippen MR) is 117 cm³/mol. The molecule has 9 heteroatoms. The predicted octanol–water partition coefficient (Wildman–Crippen LogP) is 2.91. The van der Waals surface area contributed by atoms with Gasteiger partial charge < -0.3 is 0 Å². The molecule has 0 atom stereocenters. The molecule has 0 unspecified atom stereocenters. The molecule has 0 aromatic heterocycles. The molecule has 1 amide bonds. The van der Waals surface area contributed by atoms with Crippen LogP contribution < -0.4 is 5.43 Å². The number of hydrazone groups is 1. The van der Waals surface area contributed by atoms with Crippen molar-refractivity contribution in [2.24, 2.45) is 5.10 Å². The summed E-state index contributed by atoms with van der Waals surface area (Å²) < 4.78 is 0. The lowest BCUT2D eigenvalue weighted by molar-refractivity contribution is -0.384. The van der Waals surface area contributed by atoms with Crippen LogP contribution in [0.1, 0.15) is 18.1 Å². The van der Waals surface area contributed by atoms with E-state index < -0.39 is 4.92 Å². The van der Waals surface area contributed by atoms with Crippen molar-refractivity contribution in [1.29, 1.82) is 0 Å². The van der Waals surface area contributed by atoms with Crippen LogP contribution in [-0.4, -0.2) is 59.1 Å². The highest BCUT2D eigenvalue weighted by molar-refractivity contribution is 6.30. The van der Waals surface area contributed by atoms with Gasteiger partial charge in [-0.1, -0.05) is 23.7 Å². The van der Waals surface area contributed by atoms with Gasteiger partial charge in [0, 0.05) is 49.9 Å². The van der Waals surface area contributed by atoms with Gasteiger partial charge in [0.05, 0.1) is 17.2 Å². The summed E-state index contributed by atoms with van der Waals surface area (Å²) in [5, 5.41) is 15.6. The summed E-state index contributed by atoms with van der Waals surface area (Å²) in [4.78, 5) is 26.9. The van der Waals surface area contributed by atoms with E-state index in [4.69, 9.17) is 11.6 Å².